The normalized spacial score (nSPS) is 11.9. The van der Waals surface area contributed by atoms with E-state index in [0.717, 1.165) is 29.0 Å². The zero-order chi connectivity index (χ0) is 18.7. The molecule has 10 heteroatoms. The lowest BCUT2D eigenvalue weighted by Crippen LogP contribution is -2.04. The zero-order valence-electron chi connectivity index (χ0n) is 14.2. The van der Waals surface area contributed by atoms with Crippen molar-refractivity contribution >= 4 is 28.5 Å². The van der Waals surface area contributed by atoms with E-state index >= 15 is 0 Å². The van der Waals surface area contributed by atoms with E-state index in [4.69, 9.17) is 4.74 Å². The van der Waals surface area contributed by atoms with Gasteiger partial charge in [0.15, 0.2) is 0 Å². The van der Waals surface area contributed by atoms with Gasteiger partial charge in [-0.05, 0) is 18.6 Å². The van der Waals surface area contributed by atoms with Gasteiger partial charge < -0.3 is 9.46 Å². The van der Waals surface area contributed by atoms with Gasteiger partial charge in [-0.25, -0.2) is 0 Å². The number of aromatic nitrogens is 4. The molecule has 0 fully saturated rings. The fourth-order valence-corrected chi connectivity index (χ4v) is 3.29. The smallest absolute Gasteiger partial charge is 0.419 e. The minimum atomic E-state index is -4.35. The average Bonchev–Trinajstić information content (AvgIpc) is 3.21. The molecule has 0 aliphatic carbocycles. The first-order valence-electron chi connectivity index (χ1n) is 7.86. The van der Waals surface area contributed by atoms with Crippen LogP contribution in [-0.4, -0.2) is 32.4 Å². The Morgan fingerprint density at radius 1 is 1.23 bits per heavy atom. The summed E-state index contributed by atoms with van der Waals surface area (Å²) in [6, 6.07) is 3.81. The maximum absolute atomic E-state index is 12.6. The molecule has 0 bridgehead atoms. The summed E-state index contributed by atoms with van der Waals surface area (Å²) < 4.78 is 49.4. The van der Waals surface area contributed by atoms with Crippen LogP contribution in [0.4, 0.5) is 18.9 Å². The highest BCUT2D eigenvalue weighted by Crippen LogP contribution is 2.34. The number of anilines is 1. The number of aryl methyl sites for hydroxylation is 2. The molecule has 0 aliphatic heterocycles. The van der Waals surface area contributed by atoms with Gasteiger partial charge in [0.1, 0.15) is 11.4 Å². The number of hydrogen-bond donors (Lipinski definition) is 1. The summed E-state index contributed by atoms with van der Waals surface area (Å²) in [6.45, 7) is 0.414. The van der Waals surface area contributed by atoms with Gasteiger partial charge in [-0.15, -0.1) is 0 Å². The Kier molecular flexibility index (Phi) is 5.30. The second-order valence-corrected chi connectivity index (χ2v) is 6.54. The number of methoxy groups -OCH3 is 1. The minimum Gasteiger partial charge on any atom is -0.494 e. The molecule has 0 radical (unpaired) electrons. The van der Waals surface area contributed by atoms with Crippen molar-refractivity contribution in [3.05, 3.63) is 36.3 Å². The molecule has 0 unspecified atom stereocenters. The van der Waals surface area contributed by atoms with Crippen LogP contribution in [0.3, 0.4) is 0 Å². The maximum Gasteiger partial charge on any atom is 0.419 e. The van der Waals surface area contributed by atoms with Gasteiger partial charge in [-0.1, -0.05) is 11.9 Å². The number of benzene rings is 1. The van der Waals surface area contributed by atoms with Crippen LogP contribution in [0.2, 0.25) is 0 Å². The summed E-state index contributed by atoms with van der Waals surface area (Å²) in [6.07, 6.45) is -0.0371. The monoisotopic (exact) mass is 385 g/mol. The third-order valence-corrected chi connectivity index (χ3v) is 4.69. The largest absolute Gasteiger partial charge is 0.494 e. The number of halogens is 3. The number of fused-ring (bicyclic) bond motifs is 1. The number of nitrogens with one attached hydrogen (secondary N) is 1. The van der Waals surface area contributed by atoms with Crippen molar-refractivity contribution in [2.45, 2.75) is 19.1 Å². The summed E-state index contributed by atoms with van der Waals surface area (Å²) in [7, 11) is 3.46. The molecular weight excluding hydrogens is 367 g/mol. The number of alkyl halides is 3. The van der Waals surface area contributed by atoms with Gasteiger partial charge in [0.2, 0.25) is 0 Å². The van der Waals surface area contributed by atoms with Crippen molar-refractivity contribution in [3.63, 3.8) is 0 Å². The van der Waals surface area contributed by atoms with E-state index in [-0.39, 0.29) is 0 Å². The number of nitrogens with zero attached hydrogens (tertiary/aromatic N) is 4. The minimum absolute atomic E-state index is 0.414. The molecule has 140 valence electrons. The van der Waals surface area contributed by atoms with Crippen molar-refractivity contribution in [2.75, 3.05) is 17.6 Å². The predicted molar refractivity (Wildman–Crippen MR) is 95.2 cm³/mol. The highest BCUT2D eigenvalue weighted by molar-refractivity contribution is 8.00. The molecule has 2 heterocycles. The summed E-state index contributed by atoms with van der Waals surface area (Å²) >= 11 is 1.46. The van der Waals surface area contributed by atoms with Crippen LogP contribution in [-0.2, 0) is 19.8 Å². The van der Waals surface area contributed by atoms with E-state index in [1.807, 2.05) is 19.2 Å². The van der Waals surface area contributed by atoms with Crippen LogP contribution in [0.1, 0.15) is 12.0 Å². The Bertz CT molecular complexity index is 890. The number of hydrogen-bond acceptors (Lipinski definition) is 5. The van der Waals surface area contributed by atoms with E-state index in [1.54, 1.807) is 18.0 Å². The quantitative estimate of drug-likeness (QED) is 0.493. The van der Waals surface area contributed by atoms with Crippen LogP contribution >= 0.6 is 11.9 Å². The third kappa shape index (κ3) is 3.90. The van der Waals surface area contributed by atoms with Gasteiger partial charge in [0.25, 0.3) is 0 Å². The van der Waals surface area contributed by atoms with Crippen LogP contribution in [0, 0.1) is 0 Å². The first-order chi connectivity index (χ1) is 12.4. The summed E-state index contributed by atoms with van der Waals surface area (Å²) in [5.41, 5.74) is 1.03. The Hall–Kier alpha value is -2.36. The van der Waals surface area contributed by atoms with Crippen LogP contribution in [0.5, 0.6) is 5.75 Å². The van der Waals surface area contributed by atoms with Crippen LogP contribution in [0.15, 0.2) is 30.7 Å². The lowest BCUT2D eigenvalue weighted by Gasteiger charge is -2.12. The van der Waals surface area contributed by atoms with Gasteiger partial charge in [0, 0.05) is 30.9 Å². The Balaban J connectivity index is 1.56. The second kappa shape index (κ2) is 7.48. The maximum atomic E-state index is 12.6. The first kappa shape index (κ1) is 18.4. The third-order valence-electron chi connectivity index (χ3n) is 3.85. The first-order valence-corrected chi connectivity index (χ1v) is 8.85. The lowest BCUT2D eigenvalue weighted by molar-refractivity contribution is -0.137. The molecule has 1 N–H and O–H groups in total. The van der Waals surface area contributed by atoms with Crippen molar-refractivity contribution in [3.8, 4) is 5.75 Å². The van der Waals surface area contributed by atoms with Crippen molar-refractivity contribution in [1.82, 2.24) is 19.6 Å². The number of rotatable bonds is 7. The Morgan fingerprint density at radius 3 is 2.73 bits per heavy atom. The average molecular weight is 385 g/mol. The van der Waals surface area contributed by atoms with Crippen molar-refractivity contribution in [2.24, 2.45) is 7.05 Å². The molecular formula is C16H18F3N5OS. The van der Waals surface area contributed by atoms with E-state index in [9.17, 15) is 13.2 Å². The van der Waals surface area contributed by atoms with Crippen molar-refractivity contribution in [1.29, 1.82) is 0 Å². The lowest BCUT2D eigenvalue weighted by atomic mass is 10.2. The number of ether oxygens (including phenoxy) is 1. The topological polar surface area (TPSA) is 56.9 Å². The van der Waals surface area contributed by atoms with Gasteiger partial charge in [0.05, 0.1) is 30.6 Å². The SMILES string of the molecule is COc1ccc2cnn(C)c2c1NSCCCn1cc(C(F)(F)F)cn1. The van der Waals surface area contributed by atoms with E-state index in [0.29, 0.717) is 24.5 Å². The van der Waals surface area contributed by atoms with E-state index in [2.05, 4.69) is 14.9 Å². The molecule has 3 rings (SSSR count). The molecule has 26 heavy (non-hydrogen) atoms. The standard InChI is InChI=1S/C16H18F3N5OS/c1-23-15-11(8-20-23)4-5-13(25-2)14(15)22-26-7-3-6-24-10-12(9-21-24)16(17,18)19/h4-5,8-10,22H,3,6-7H2,1-2H3. The second-order valence-electron chi connectivity index (χ2n) is 5.64. The molecule has 0 spiro atoms. The van der Waals surface area contributed by atoms with Crippen LogP contribution < -0.4 is 9.46 Å². The zero-order valence-corrected chi connectivity index (χ0v) is 15.1. The highest BCUT2D eigenvalue weighted by atomic mass is 32.2. The molecule has 0 saturated heterocycles. The molecule has 0 atom stereocenters. The predicted octanol–water partition coefficient (Wildman–Crippen LogP) is 3.95. The Morgan fingerprint density at radius 2 is 2.04 bits per heavy atom. The summed E-state index contributed by atoms with van der Waals surface area (Å²) in [4.78, 5) is 0. The van der Waals surface area contributed by atoms with E-state index < -0.39 is 11.7 Å². The molecule has 6 nitrogen and oxygen atoms in total. The van der Waals surface area contributed by atoms with E-state index in [1.165, 1.54) is 16.6 Å². The fraction of sp³-hybridized carbons (Fsp3) is 0.375. The fourth-order valence-electron chi connectivity index (χ4n) is 2.57. The van der Waals surface area contributed by atoms with Crippen molar-refractivity contribution < 1.29 is 17.9 Å². The summed E-state index contributed by atoms with van der Waals surface area (Å²) in [5, 5.41) is 8.99. The van der Waals surface area contributed by atoms with Gasteiger partial charge in [-0.3, -0.25) is 9.36 Å². The summed E-state index contributed by atoms with van der Waals surface area (Å²) in [5.74, 6) is 1.40. The molecule has 0 amide bonds. The van der Waals surface area contributed by atoms with Gasteiger partial charge >= 0.3 is 6.18 Å². The highest BCUT2D eigenvalue weighted by Gasteiger charge is 2.32. The molecule has 0 saturated carbocycles. The molecule has 3 aromatic rings. The molecule has 1 aromatic carbocycles. The van der Waals surface area contributed by atoms with Gasteiger partial charge in [-0.2, -0.15) is 23.4 Å². The molecule has 0 aliphatic rings. The molecule has 2 aromatic heterocycles. The van der Waals surface area contributed by atoms with Crippen LogP contribution in [0.25, 0.3) is 10.9 Å². The Labute approximate surface area is 152 Å².